The lowest BCUT2D eigenvalue weighted by molar-refractivity contribution is 0.00285. The Morgan fingerprint density at radius 1 is 0.821 bits per heavy atom. The quantitative estimate of drug-likeness (QED) is 0.535. The van der Waals surface area contributed by atoms with Crippen LogP contribution in [0.15, 0.2) is 53.4 Å². The molecule has 0 radical (unpaired) electrons. The lowest BCUT2D eigenvalue weighted by Crippen LogP contribution is -2.43. The maximum Gasteiger partial charge on any atom is 0.327 e. The Balaban J connectivity index is 2.27. The SMILES string of the molecule is CC(C)(c1ccc(O[Si](C)(C)C(C)(C)C)cc1)c1ccc(S(=O)(=O)OF)cc1. The number of hydrogen-bond donors (Lipinski definition) is 0. The monoisotopic (exact) mass is 424 g/mol. The maximum atomic E-state index is 12.2. The maximum absolute atomic E-state index is 12.2. The van der Waals surface area contributed by atoms with Crippen LogP contribution in [0, 0.1) is 0 Å². The van der Waals surface area contributed by atoms with Crippen LogP contribution in [0.2, 0.25) is 18.1 Å². The molecule has 0 bridgehead atoms. The minimum Gasteiger partial charge on any atom is -0.544 e. The predicted octanol–water partition coefficient (Wildman–Crippen LogP) is 5.99. The van der Waals surface area contributed by atoms with Crippen LogP contribution in [-0.2, 0) is 19.9 Å². The molecule has 0 heterocycles. The van der Waals surface area contributed by atoms with E-state index >= 15 is 0 Å². The Kier molecular flexibility index (Phi) is 6.14. The lowest BCUT2D eigenvalue weighted by Gasteiger charge is -2.36. The first-order valence-electron chi connectivity index (χ1n) is 9.16. The van der Waals surface area contributed by atoms with E-state index in [4.69, 9.17) is 4.43 Å². The molecule has 0 aliphatic carbocycles. The second-order valence-corrected chi connectivity index (χ2v) is 15.3. The van der Waals surface area contributed by atoms with Gasteiger partial charge in [-0.15, -0.1) is 0 Å². The third-order valence-electron chi connectivity index (χ3n) is 5.70. The molecule has 0 saturated carbocycles. The Hall–Kier alpha value is -1.70. The fourth-order valence-corrected chi connectivity index (χ4v) is 4.20. The van der Waals surface area contributed by atoms with Crippen molar-refractivity contribution in [2.75, 3.05) is 0 Å². The largest absolute Gasteiger partial charge is 0.544 e. The van der Waals surface area contributed by atoms with Crippen LogP contribution in [0.1, 0.15) is 45.7 Å². The normalized spacial score (nSPS) is 13.4. The Labute approximate surface area is 168 Å². The molecule has 0 N–H and O–H groups in total. The highest BCUT2D eigenvalue weighted by Crippen LogP contribution is 2.38. The summed E-state index contributed by atoms with van der Waals surface area (Å²) in [6.45, 7) is 15.1. The summed E-state index contributed by atoms with van der Waals surface area (Å²) in [4.78, 5) is -0.215. The molecular weight excluding hydrogens is 395 g/mol. The Bertz CT molecular complexity index is 912. The number of halogens is 1. The molecule has 0 unspecified atom stereocenters. The molecule has 154 valence electrons. The van der Waals surface area contributed by atoms with Crippen LogP contribution in [-0.4, -0.2) is 16.7 Å². The minimum atomic E-state index is -4.34. The average Bonchev–Trinajstić information content (AvgIpc) is 2.61. The molecule has 0 aliphatic heterocycles. The number of rotatable bonds is 6. The molecule has 0 spiro atoms. The summed E-state index contributed by atoms with van der Waals surface area (Å²) in [6.07, 6.45) is 0. The van der Waals surface area contributed by atoms with Gasteiger partial charge in [0.2, 0.25) is 8.32 Å². The van der Waals surface area contributed by atoms with E-state index in [0.717, 1.165) is 16.9 Å². The van der Waals surface area contributed by atoms with Gasteiger partial charge in [0, 0.05) is 5.41 Å². The summed E-state index contributed by atoms with van der Waals surface area (Å²) in [5.74, 6) is 0.854. The van der Waals surface area contributed by atoms with Crippen molar-refractivity contribution in [2.45, 2.75) is 63.1 Å². The molecule has 0 aliphatic rings. The van der Waals surface area contributed by atoms with E-state index in [1.165, 1.54) is 12.1 Å². The van der Waals surface area contributed by atoms with E-state index in [-0.39, 0.29) is 15.3 Å². The second kappa shape index (κ2) is 7.61. The van der Waals surface area contributed by atoms with Crippen molar-refractivity contribution in [2.24, 2.45) is 0 Å². The van der Waals surface area contributed by atoms with Crippen LogP contribution in [0.4, 0.5) is 4.53 Å². The van der Waals surface area contributed by atoms with Crippen molar-refractivity contribution in [1.82, 2.24) is 0 Å². The minimum absolute atomic E-state index is 0.121. The van der Waals surface area contributed by atoms with E-state index < -0.39 is 18.4 Å². The molecule has 0 amide bonds. The van der Waals surface area contributed by atoms with E-state index in [1.807, 2.05) is 38.1 Å². The third kappa shape index (κ3) is 4.64. The first-order chi connectivity index (χ1) is 12.7. The highest BCUT2D eigenvalue weighted by atomic mass is 32.2. The van der Waals surface area contributed by atoms with Gasteiger partial charge in [-0.25, -0.2) is 0 Å². The molecule has 2 aromatic carbocycles. The zero-order valence-corrected chi connectivity index (χ0v) is 19.4. The molecule has 0 fully saturated rings. The first kappa shape index (κ1) is 22.6. The van der Waals surface area contributed by atoms with Crippen LogP contribution in [0.25, 0.3) is 0 Å². The van der Waals surface area contributed by atoms with Gasteiger partial charge in [-0.3, -0.25) is 0 Å². The standard InChI is InChI=1S/C21H29FO4SSi/c1-20(2,3)28(6,7)25-18-12-8-16(9-13-18)21(4,5)17-10-14-19(15-11-17)27(23,24)26-22/h8-15H,1-7H3. The second-order valence-electron chi connectivity index (χ2n) is 9.05. The van der Waals surface area contributed by atoms with Crippen molar-refractivity contribution in [3.05, 3.63) is 59.7 Å². The van der Waals surface area contributed by atoms with E-state index in [9.17, 15) is 12.9 Å². The van der Waals surface area contributed by atoms with Crippen molar-refractivity contribution in [1.29, 1.82) is 0 Å². The smallest absolute Gasteiger partial charge is 0.327 e. The van der Waals surface area contributed by atoms with Gasteiger partial charge in [0.05, 0.1) is 4.90 Å². The van der Waals surface area contributed by atoms with Gasteiger partial charge in [0.1, 0.15) is 5.75 Å². The van der Waals surface area contributed by atoms with Gasteiger partial charge in [0.15, 0.2) is 0 Å². The van der Waals surface area contributed by atoms with Gasteiger partial charge < -0.3 is 4.43 Å². The Morgan fingerprint density at radius 3 is 1.64 bits per heavy atom. The first-order valence-corrected chi connectivity index (χ1v) is 13.5. The third-order valence-corrected chi connectivity index (χ3v) is 11.1. The van der Waals surface area contributed by atoms with Gasteiger partial charge in [-0.05, 0) is 58.1 Å². The number of benzene rings is 2. The topological polar surface area (TPSA) is 52.6 Å². The van der Waals surface area contributed by atoms with Gasteiger partial charge in [-0.1, -0.05) is 63.3 Å². The fraction of sp³-hybridized carbons (Fsp3) is 0.429. The fourth-order valence-electron chi connectivity index (χ4n) is 2.63. The zero-order valence-electron chi connectivity index (χ0n) is 17.5. The van der Waals surface area contributed by atoms with E-state index in [1.54, 1.807) is 12.1 Å². The lowest BCUT2D eigenvalue weighted by atomic mass is 9.78. The van der Waals surface area contributed by atoms with Crippen LogP contribution in [0.3, 0.4) is 0 Å². The van der Waals surface area contributed by atoms with Crippen LogP contribution >= 0.6 is 0 Å². The summed E-state index contributed by atoms with van der Waals surface area (Å²) in [7, 11) is -6.24. The molecule has 4 nitrogen and oxygen atoms in total. The van der Waals surface area contributed by atoms with Gasteiger partial charge >= 0.3 is 10.1 Å². The predicted molar refractivity (Wildman–Crippen MR) is 112 cm³/mol. The van der Waals surface area contributed by atoms with Crippen molar-refractivity contribution in [3.8, 4) is 5.75 Å². The summed E-state index contributed by atoms with van der Waals surface area (Å²) in [6, 6.07) is 14.1. The van der Waals surface area contributed by atoms with E-state index in [0.29, 0.717) is 0 Å². The van der Waals surface area contributed by atoms with E-state index in [2.05, 4.69) is 38.3 Å². The molecule has 0 atom stereocenters. The molecule has 28 heavy (non-hydrogen) atoms. The van der Waals surface area contributed by atoms with Gasteiger partial charge in [0.25, 0.3) is 0 Å². The molecular formula is C21H29FO4SSi. The molecule has 0 aromatic heterocycles. The summed E-state index contributed by atoms with van der Waals surface area (Å²) >= 11 is 0. The molecule has 7 heteroatoms. The zero-order chi connectivity index (χ0) is 21.4. The highest BCUT2D eigenvalue weighted by Gasteiger charge is 2.39. The van der Waals surface area contributed by atoms with Crippen molar-refractivity contribution < 1.29 is 21.8 Å². The Morgan fingerprint density at radius 2 is 1.25 bits per heavy atom. The van der Waals surface area contributed by atoms with Crippen molar-refractivity contribution in [3.63, 3.8) is 0 Å². The highest BCUT2D eigenvalue weighted by molar-refractivity contribution is 7.86. The molecule has 2 rings (SSSR count). The summed E-state index contributed by atoms with van der Waals surface area (Å²) in [5.41, 5.74) is 1.60. The number of hydrogen-bond acceptors (Lipinski definition) is 4. The molecule has 2 aromatic rings. The van der Waals surface area contributed by atoms with Gasteiger partial charge in [-0.2, -0.15) is 8.42 Å². The molecule has 0 saturated heterocycles. The van der Waals surface area contributed by atoms with Crippen LogP contribution in [0.5, 0.6) is 5.75 Å². The van der Waals surface area contributed by atoms with Crippen molar-refractivity contribution >= 4 is 18.4 Å². The summed E-state index contributed by atoms with van der Waals surface area (Å²) in [5, 5.41) is 0.121. The average molecular weight is 425 g/mol. The summed E-state index contributed by atoms with van der Waals surface area (Å²) < 4.78 is 44.5. The van der Waals surface area contributed by atoms with Crippen LogP contribution < -0.4 is 4.43 Å².